The average molecular weight is 491 g/mol. The molecular formula is C23H20F3N3O4S. The molecule has 1 aromatic heterocycles. The van der Waals surface area contributed by atoms with E-state index in [1.807, 2.05) is 0 Å². The highest BCUT2D eigenvalue weighted by Crippen LogP contribution is 2.32. The third-order valence-corrected chi connectivity index (χ3v) is 6.56. The number of nitrogens with one attached hydrogen (secondary N) is 2. The first-order chi connectivity index (χ1) is 16.1. The van der Waals surface area contributed by atoms with Gasteiger partial charge in [0.15, 0.2) is 5.76 Å². The Labute approximate surface area is 193 Å². The van der Waals surface area contributed by atoms with E-state index < -0.39 is 27.7 Å². The second kappa shape index (κ2) is 8.98. The second-order valence-corrected chi connectivity index (χ2v) is 9.37. The fourth-order valence-corrected chi connectivity index (χ4v) is 4.58. The first-order valence-electron chi connectivity index (χ1n) is 10.3. The van der Waals surface area contributed by atoms with Crippen molar-refractivity contribution in [1.29, 1.82) is 0 Å². The van der Waals surface area contributed by atoms with Gasteiger partial charge in [0.05, 0.1) is 16.2 Å². The van der Waals surface area contributed by atoms with Crippen molar-refractivity contribution < 1.29 is 30.8 Å². The number of benzene rings is 2. The number of hydrazone groups is 1. The lowest BCUT2D eigenvalue weighted by Gasteiger charge is -2.14. The van der Waals surface area contributed by atoms with Crippen LogP contribution in [0.25, 0.3) is 0 Å². The number of fused-ring (bicyclic) bond motifs is 1. The highest BCUT2D eigenvalue weighted by Gasteiger charge is 2.31. The molecule has 4 rings (SSSR count). The van der Waals surface area contributed by atoms with Crippen LogP contribution in [0.15, 0.2) is 69.0 Å². The number of hydrogen-bond donors (Lipinski definition) is 2. The Morgan fingerprint density at radius 3 is 2.50 bits per heavy atom. The number of rotatable bonds is 5. The van der Waals surface area contributed by atoms with Crippen LogP contribution in [0.2, 0.25) is 0 Å². The maximum Gasteiger partial charge on any atom is 0.416 e. The molecule has 0 bridgehead atoms. The molecule has 2 aromatic carbocycles. The number of hydrogen-bond acceptors (Lipinski definition) is 5. The lowest BCUT2D eigenvalue weighted by molar-refractivity contribution is -0.137. The van der Waals surface area contributed by atoms with E-state index in [1.54, 1.807) is 25.1 Å². The lowest BCUT2D eigenvalue weighted by Crippen LogP contribution is -2.22. The van der Waals surface area contributed by atoms with Crippen LogP contribution in [0.4, 0.5) is 18.9 Å². The minimum absolute atomic E-state index is 0.0295. The standard InChI is InChI=1S/C23H20F3N3O4S/c1-14-20-18(28-29-34(31,32)17-9-3-2-4-10-17)11-6-12-19(20)33-21(14)22(30)27-16-8-5-7-15(13-16)23(24,25)26/h2-5,7-10,13,29H,6,11-12H2,1H3,(H,27,30)/b28-18+. The summed E-state index contributed by atoms with van der Waals surface area (Å²) in [5.74, 6) is -0.311. The van der Waals surface area contributed by atoms with Crippen molar-refractivity contribution in [2.45, 2.75) is 37.3 Å². The molecule has 0 saturated heterocycles. The van der Waals surface area contributed by atoms with Gasteiger partial charge in [0.2, 0.25) is 0 Å². The summed E-state index contributed by atoms with van der Waals surface area (Å²) in [5.41, 5.74) is 0.451. The molecule has 34 heavy (non-hydrogen) atoms. The van der Waals surface area contributed by atoms with E-state index in [2.05, 4.69) is 15.2 Å². The largest absolute Gasteiger partial charge is 0.455 e. The maximum absolute atomic E-state index is 13.0. The predicted molar refractivity (Wildman–Crippen MR) is 119 cm³/mol. The molecule has 1 heterocycles. The van der Waals surface area contributed by atoms with Crippen molar-refractivity contribution in [2.24, 2.45) is 5.10 Å². The summed E-state index contributed by atoms with van der Waals surface area (Å²) in [5, 5.41) is 6.52. The topological polar surface area (TPSA) is 101 Å². The van der Waals surface area contributed by atoms with Crippen LogP contribution in [0.3, 0.4) is 0 Å². The number of sulfonamides is 1. The molecule has 0 atom stereocenters. The van der Waals surface area contributed by atoms with Gasteiger partial charge < -0.3 is 9.73 Å². The van der Waals surface area contributed by atoms with Crippen molar-refractivity contribution >= 4 is 27.3 Å². The maximum atomic E-state index is 13.0. The van der Waals surface area contributed by atoms with E-state index in [0.717, 1.165) is 12.1 Å². The Morgan fingerprint density at radius 1 is 1.06 bits per heavy atom. The molecule has 7 nitrogen and oxygen atoms in total. The van der Waals surface area contributed by atoms with E-state index >= 15 is 0 Å². The smallest absolute Gasteiger partial charge is 0.416 e. The molecule has 0 spiro atoms. The number of amides is 1. The number of furan rings is 1. The molecular weight excluding hydrogens is 471 g/mol. The van der Waals surface area contributed by atoms with Crippen molar-refractivity contribution in [3.05, 3.63) is 82.8 Å². The molecule has 178 valence electrons. The van der Waals surface area contributed by atoms with Gasteiger partial charge in [0.1, 0.15) is 5.76 Å². The van der Waals surface area contributed by atoms with Crippen molar-refractivity contribution in [1.82, 2.24) is 4.83 Å². The molecule has 0 aliphatic heterocycles. The first-order valence-corrected chi connectivity index (χ1v) is 11.8. The van der Waals surface area contributed by atoms with Gasteiger partial charge in [-0.2, -0.15) is 31.5 Å². The molecule has 1 aliphatic rings. The molecule has 0 fully saturated rings. The zero-order valence-corrected chi connectivity index (χ0v) is 18.8. The Bertz CT molecular complexity index is 1360. The van der Waals surface area contributed by atoms with Crippen LogP contribution < -0.4 is 10.1 Å². The molecule has 0 unspecified atom stereocenters. The number of aryl methyl sites for hydroxylation is 1. The summed E-state index contributed by atoms with van der Waals surface area (Å²) < 4.78 is 69.6. The molecule has 0 saturated carbocycles. The monoisotopic (exact) mass is 491 g/mol. The van der Waals surface area contributed by atoms with E-state index in [-0.39, 0.29) is 16.3 Å². The summed E-state index contributed by atoms with van der Waals surface area (Å²) in [4.78, 5) is 15.1. The predicted octanol–water partition coefficient (Wildman–Crippen LogP) is 4.88. The number of carbonyl (C=O) groups excluding carboxylic acids is 1. The van der Waals surface area contributed by atoms with E-state index in [9.17, 15) is 26.4 Å². The van der Waals surface area contributed by atoms with Gasteiger partial charge in [-0.1, -0.05) is 24.3 Å². The van der Waals surface area contributed by atoms with Crippen LogP contribution in [-0.2, 0) is 22.6 Å². The first kappa shape index (κ1) is 23.6. The van der Waals surface area contributed by atoms with E-state index in [1.165, 1.54) is 24.3 Å². The number of alkyl halides is 3. The SMILES string of the molecule is Cc1c(C(=O)Nc2cccc(C(F)(F)F)c2)oc2c1/C(=N/NS(=O)(=O)c1ccccc1)CCC2. The molecule has 11 heteroatoms. The number of anilines is 1. The molecule has 1 aliphatic carbocycles. The molecule has 0 radical (unpaired) electrons. The Balaban J connectivity index is 1.59. The van der Waals surface area contributed by atoms with Gasteiger partial charge in [-0.05, 0) is 50.1 Å². The number of carbonyl (C=O) groups is 1. The second-order valence-electron chi connectivity index (χ2n) is 7.71. The van der Waals surface area contributed by atoms with E-state index in [4.69, 9.17) is 4.42 Å². The molecule has 1 amide bonds. The van der Waals surface area contributed by atoms with Gasteiger partial charge >= 0.3 is 6.18 Å². The minimum Gasteiger partial charge on any atom is -0.455 e. The zero-order valence-electron chi connectivity index (χ0n) is 17.9. The van der Waals surface area contributed by atoms with Crippen LogP contribution in [0.5, 0.6) is 0 Å². The summed E-state index contributed by atoms with van der Waals surface area (Å²) in [7, 11) is -3.88. The van der Waals surface area contributed by atoms with Crippen LogP contribution in [0.1, 0.15) is 45.8 Å². The van der Waals surface area contributed by atoms with Gasteiger partial charge in [-0.3, -0.25) is 4.79 Å². The molecule has 2 N–H and O–H groups in total. The highest BCUT2D eigenvalue weighted by atomic mass is 32.2. The summed E-state index contributed by atoms with van der Waals surface area (Å²) in [6.07, 6.45) is -2.95. The van der Waals surface area contributed by atoms with Crippen molar-refractivity contribution in [3.63, 3.8) is 0 Å². The number of halogens is 3. The third kappa shape index (κ3) is 4.84. The van der Waals surface area contributed by atoms with Gasteiger partial charge in [0.25, 0.3) is 15.9 Å². The molecule has 3 aromatic rings. The van der Waals surface area contributed by atoms with Crippen molar-refractivity contribution in [3.8, 4) is 0 Å². The Hall–Kier alpha value is -3.60. The fourth-order valence-electron chi connectivity index (χ4n) is 3.73. The zero-order chi connectivity index (χ0) is 24.5. The Morgan fingerprint density at radius 2 is 1.79 bits per heavy atom. The van der Waals surface area contributed by atoms with Crippen LogP contribution >= 0.6 is 0 Å². The van der Waals surface area contributed by atoms with Gasteiger partial charge in [-0.25, -0.2) is 0 Å². The average Bonchev–Trinajstić information content (AvgIpc) is 3.15. The highest BCUT2D eigenvalue weighted by molar-refractivity contribution is 7.89. The summed E-state index contributed by atoms with van der Waals surface area (Å²) in [6.45, 7) is 1.62. The quantitative estimate of drug-likeness (QED) is 0.497. The minimum atomic E-state index is -4.54. The normalized spacial score (nSPS) is 15.1. The lowest BCUT2D eigenvalue weighted by atomic mass is 9.93. The van der Waals surface area contributed by atoms with Gasteiger partial charge in [0, 0.05) is 23.2 Å². The Kier molecular flexibility index (Phi) is 6.22. The van der Waals surface area contributed by atoms with Crippen molar-refractivity contribution in [2.75, 3.05) is 5.32 Å². The fraction of sp³-hybridized carbons (Fsp3) is 0.217. The third-order valence-electron chi connectivity index (χ3n) is 5.33. The summed E-state index contributed by atoms with van der Waals surface area (Å²) >= 11 is 0. The van der Waals surface area contributed by atoms with E-state index in [0.29, 0.717) is 41.9 Å². The summed E-state index contributed by atoms with van der Waals surface area (Å²) in [6, 6.07) is 12.0. The van der Waals surface area contributed by atoms with Gasteiger partial charge in [-0.15, -0.1) is 0 Å². The van der Waals surface area contributed by atoms with Crippen LogP contribution in [-0.4, -0.2) is 20.0 Å². The number of nitrogens with zero attached hydrogens (tertiary/aromatic N) is 1. The van der Waals surface area contributed by atoms with Crippen LogP contribution in [0, 0.1) is 6.92 Å².